The third kappa shape index (κ3) is 4.20. The minimum atomic E-state index is 0.545. The standard InChI is InChI=1S/C17H25N3/c1-14(2)9-10-15(3)18-13-16-7-4-5-8-17(16)20-12-6-11-19-20/h4-8,11-12,14-15,18H,9-10,13H2,1-3H3. The summed E-state index contributed by atoms with van der Waals surface area (Å²) >= 11 is 0. The fourth-order valence-corrected chi connectivity index (χ4v) is 2.26. The Kier molecular flexibility index (Phi) is 5.36. The van der Waals surface area contributed by atoms with Gasteiger partial charge in [0.2, 0.25) is 0 Å². The Labute approximate surface area is 122 Å². The van der Waals surface area contributed by atoms with Crippen LogP contribution in [0, 0.1) is 5.92 Å². The summed E-state index contributed by atoms with van der Waals surface area (Å²) in [5.74, 6) is 0.774. The van der Waals surface area contributed by atoms with Crippen molar-refractivity contribution in [2.45, 2.75) is 46.2 Å². The predicted octanol–water partition coefficient (Wildman–Crippen LogP) is 3.79. The van der Waals surface area contributed by atoms with Crippen LogP contribution in [0.2, 0.25) is 0 Å². The molecule has 0 aliphatic rings. The second-order valence-corrected chi connectivity index (χ2v) is 5.83. The van der Waals surface area contributed by atoms with E-state index in [-0.39, 0.29) is 0 Å². The molecule has 2 rings (SSSR count). The number of rotatable bonds is 7. The van der Waals surface area contributed by atoms with Gasteiger partial charge >= 0.3 is 0 Å². The first kappa shape index (κ1) is 14.8. The van der Waals surface area contributed by atoms with Gasteiger partial charge in [0.15, 0.2) is 0 Å². The lowest BCUT2D eigenvalue weighted by Gasteiger charge is -2.16. The van der Waals surface area contributed by atoms with E-state index in [1.54, 1.807) is 0 Å². The molecule has 0 bridgehead atoms. The lowest BCUT2D eigenvalue weighted by atomic mass is 10.0. The van der Waals surface area contributed by atoms with E-state index in [4.69, 9.17) is 0 Å². The Bertz CT molecular complexity index is 503. The maximum atomic E-state index is 4.32. The molecule has 0 spiro atoms. The van der Waals surface area contributed by atoms with Crippen molar-refractivity contribution < 1.29 is 0 Å². The molecule has 0 aliphatic heterocycles. The molecule has 0 radical (unpaired) electrons. The van der Waals surface area contributed by atoms with E-state index in [2.05, 4.69) is 55.5 Å². The van der Waals surface area contributed by atoms with E-state index in [1.165, 1.54) is 18.4 Å². The molecule has 0 saturated heterocycles. The minimum absolute atomic E-state index is 0.545. The number of benzene rings is 1. The van der Waals surface area contributed by atoms with Gasteiger partial charge in [0.05, 0.1) is 5.69 Å². The first-order valence-electron chi connectivity index (χ1n) is 7.48. The average molecular weight is 271 g/mol. The molecule has 108 valence electrons. The van der Waals surface area contributed by atoms with Crippen molar-refractivity contribution >= 4 is 0 Å². The van der Waals surface area contributed by atoms with Crippen molar-refractivity contribution in [3.05, 3.63) is 48.3 Å². The Morgan fingerprint density at radius 1 is 1.10 bits per heavy atom. The van der Waals surface area contributed by atoms with Gasteiger partial charge in [0.25, 0.3) is 0 Å². The summed E-state index contributed by atoms with van der Waals surface area (Å²) in [5.41, 5.74) is 2.44. The molecule has 20 heavy (non-hydrogen) atoms. The molecule has 1 unspecified atom stereocenters. The maximum Gasteiger partial charge on any atom is 0.0690 e. The molecule has 1 N–H and O–H groups in total. The molecule has 1 aromatic heterocycles. The second-order valence-electron chi connectivity index (χ2n) is 5.83. The van der Waals surface area contributed by atoms with Gasteiger partial charge in [-0.15, -0.1) is 0 Å². The lowest BCUT2D eigenvalue weighted by molar-refractivity contribution is 0.450. The number of aromatic nitrogens is 2. The van der Waals surface area contributed by atoms with Gasteiger partial charge in [-0.05, 0) is 43.4 Å². The monoisotopic (exact) mass is 271 g/mol. The normalized spacial score (nSPS) is 12.8. The Morgan fingerprint density at radius 2 is 1.90 bits per heavy atom. The van der Waals surface area contributed by atoms with Crippen LogP contribution in [0.5, 0.6) is 0 Å². The number of nitrogens with zero attached hydrogens (tertiary/aromatic N) is 2. The van der Waals surface area contributed by atoms with Crippen LogP contribution in [0.3, 0.4) is 0 Å². The highest BCUT2D eigenvalue weighted by Gasteiger charge is 2.07. The van der Waals surface area contributed by atoms with Crippen LogP contribution in [-0.2, 0) is 6.54 Å². The van der Waals surface area contributed by atoms with Crippen LogP contribution < -0.4 is 5.32 Å². The SMILES string of the molecule is CC(C)CCC(C)NCc1ccccc1-n1cccn1. The van der Waals surface area contributed by atoms with E-state index in [0.29, 0.717) is 6.04 Å². The largest absolute Gasteiger partial charge is 0.310 e. The lowest BCUT2D eigenvalue weighted by Crippen LogP contribution is -2.26. The molecule has 0 fully saturated rings. The van der Waals surface area contributed by atoms with Crippen molar-refractivity contribution in [3.63, 3.8) is 0 Å². The third-order valence-electron chi connectivity index (χ3n) is 3.56. The fraction of sp³-hybridized carbons (Fsp3) is 0.471. The number of hydrogen-bond donors (Lipinski definition) is 1. The second kappa shape index (κ2) is 7.25. The molecule has 0 aliphatic carbocycles. The number of hydrogen-bond acceptors (Lipinski definition) is 2. The van der Waals surface area contributed by atoms with Gasteiger partial charge in [-0.1, -0.05) is 32.0 Å². The van der Waals surface area contributed by atoms with Crippen LogP contribution in [-0.4, -0.2) is 15.8 Å². The van der Waals surface area contributed by atoms with E-state index in [0.717, 1.165) is 18.2 Å². The van der Waals surface area contributed by atoms with Crippen LogP contribution in [0.15, 0.2) is 42.7 Å². The van der Waals surface area contributed by atoms with E-state index in [1.807, 2.05) is 23.1 Å². The van der Waals surface area contributed by atoms with Crippen molar-refractivity contribution in [2.24, 2.45) is 5.92 Å². The van der Waals surface area contributed by atoms with Crippen molar-refractivity contribution in [1.82, 2.24) is 15.1 Å². The van der Waals surface area contributed by atoms with Gasteiger partial charge < -0.3 is 5.32 Å². The quantitative estimate of drug-likeness (QED) is 0.830. The van der Waals surface area contributed by atoms with Crippen LogP contribution in [0.4, 0.5) is 0 Å². The zero-order valence-corrected chi connectivity index (χ0v) is 12.7. The predicted molar refractivity (Wildman–Crippen MR) is 83.9 cm³/mol. The number of nitrogens with one attached hydrogen (secondary N) is 1. The van der Waals surface area contributed by atoms with Crippen LogP contribution in [0.25, 0.3) is 5.69 Å². The Balaban J connectivity index is 1.96. The van der Waals surface area contributed by atoms with E-state index < -0.39 is 0 Å². The van der Waals surface area contributed by atoms with Gasteiger partial charge in [0.1, 0.15) is 0 Å². The average Bonchev–Trinajstić information content (AvgIpc) is 2.97. The highest BCUT2D eigenvalue weighted by molar-refractivity contribution is 5.40. The summed E-state index contributed by atoms with van der Waals surface area (Å²) in [4.78, 5) is 0. The Hall–Kier alpha value is -1.61. The summed E-state index contributed by atoms with van der Waals surface area (Å²) < 4.78 is 1.93. The Morgan fingerprint density at radius 3 is 2.60 bits per heavy atom. The zero-order chi connectivity index (χ0) is 14.4. The third-order valence-corrected chi connectivity index (χ3v) is 3.56. The minimum Gasteiger partial charge on any atom is -0.310 e. The highest BCUT2D eigenvalue weighted by atomic mass is 15.3. The molecule has 0 amide bonds. The van der Waals surface area contributed by atoms with Crippen LogP contribution in [0.1, 0.15) is 39.2 Å². The molecule has 1 atom stereocenters. The molecule has 0 saturated carbocycles. The molecule has 1 aromatic carbocycles. The highest BCUT2D eigenvalue weighted by Crippen LogP contribution is 2.14. The van der Waals surface area contributed by atoms with Crippen LogP contribution >= 0.6 is 0 Å². The smallest absolute Gasteiger partial charge is 0.0690 e. The van der Waals surface area contributed by atoms with E-state index in [9.17, 15) is 0 Å². The topological polar surface area (TPSA) is 29.9 Å². The van der Waals surface area contributed by atoms with Gasteiger partial charge in [-0.3, -0.25) is 0 Å². The molecular weight excluding hydrogens is 246 g/mol. The van der Waals surface area contributed by atoms with Gasteiger partial charge in [-0.2, -0.15) is 5.10 Å². The van der Waals surface area contributed by atoms with Gasteiger partial charge in [-0.25, -0.2) is 4.68 Å². The molecule has 1 heterocycles. The zero-order valence-electron chi connectivity index (χ0n) is 12.7. The summed E-state index contributed by atoms with van der Waals surface area (Å²) in [6.45, 7) is 7.70. The van der Waals surface area contributed by atoms with Crippen molar-refractivity contribution in [1.29, 1.82) is 0 Å². The summed E-state index contributed by atoms with van der Waals surface area (Å²) in [5, 5.41) is 7.94. The maximum absolute atomic E-state index is 4.32. The van der Waals surface area contributed by atoms with E-state index >= 15 is 0 Å². The first-order chi connectivity index (χ1) is 9.66. The van der Waals surface area contributed by atoms with Crippen molar-refractivity contribution in [2.75, 3.05) is 0 Å². The summed E-state index contributed by atoms with van der Waals surface area (Å²) in [6.07, 6.45) is 6.30. The van der Waals surface area contributed by atoms with Gasteiger partial charge in [0, 0.05) is 25.0 Å². The fourth-order valence-electron chi connectivity index (χ4n) is 2.26. The number of para-hydroxylation sites is 1. The summed E-state index contributed by atoms with van der Waals surface area (Å²) in [7, 11) is 0. The molecule has 2 aromatic rings. The van der Waals surface area contributed by atoms with Crippen molar-refractivity contribution in [3.8, 4) is 5.69 Å². The molecule has 3 nitrogen and oxygen atoms in total. The first-order valence-corrected chi connectivity index (χ1v) is 7.48. The summed E-state index contributed by atoms with van der Waals surface area (Å²) in [6, 6.07) is 10.9. The molecular formula is C17H25N3. The molecule has 3 heteroatoms.